The lowest BCUT2D eigenvalue weighted by Gasteiger charge is -1.93. The van der Waals surface area contributed by atoms with Crippen LogP contribution < -0.4 is 0 Å². The van der Waals surface area contributed by atoms with Crippen LogP contribution in [0, 0.1) is 11.8 Å². The molecule has 1 aromatic heterocycles. The van der Waals surface area contributed by atoms with Gasteiger partial charge < -0.3 is 5.11 Å². The fourth-order valence-electron chi connectivity index (χ4n) is 0.940. The molecule has 6 heteroatoms. The first kappa shape index (κ1) is 11.6. The highest BCUT2D eigenvalue weighted by atomic mass is 16.4. The molecule has 6 nitrogen and oxygen atoms in total. The predicted molar refractivity (Wildman–Crippen MR) is 56.7 cm³/mol. The van der Waals surface area contributed by atoms with Crippen LogP contribution in [0.3, 0.4) is 0 Å². The third kappa shape index (κ3) is 3.70. The quantitative estimate of drug-likeness (QED) is 0.274. The van der Waals surface area contributed by atoms with Crippen LogP contribution in [-0.4, -0.2) is 22.6 Å². The molecule has 1 N–H and O–H groups in total. The molecule has 0 unspecified atom stereocenters. The first-order chi connectivity index (χ1) is 7.74. The van der Waals surface area contributed by atoms with Crippen LogP contribution in [0.15, 0.2) is 23.6 Å². The Bertz CT molecular complexity index is 495. The van der Waals surface area contributed by atoms with E-state index in [-0.39, 0.29) is 5.56 Å². The molecule has 0 aliphatic rings. The van der Waals surface area contributed by atoms with Crippen molar-refractivity contribution in [2.45, 2.75) is 6.42 Å². The van der Waals surface area contributed by atoms with E-state index in [1.807, 2.05) is 0 Å². The van der Waals surface area contributed by atoms with Gasteiger partial charge >= 0.3 is 5.97 Å². The molecule has 1 aromatic rings. The van der Waals surface area contributed by atoms with Crippen molar-refractivity contribution in [3.8, 4) is 11.8 Å². The van der Waals surface area contributed by atoms with Crippen LogP contribution in [-0.2, 0) is 0 Å². The number of aromatic carboxylic acids is 1. The lowest BCUT2D eigenvalue weighted by molar-refractivity contribution is 0.0696. The molecule has 0 radical (unpaired) electrons. The average Bonchev–Trinajstić information content (AvgIpc) is 2.29. The van der Waals surface area contributed by atoms with Crippen molar-refractivity contribution in [1.29, 1.82) is 0 Å². The van der Waals surface area contributed by atoms with Crippen LogP contribution in [0.4, 0.5) is 0 Å². The van der Waals surface area contributed by atoms with Gasteiger partial charge in [-0.1, -0.05) is 17.0 Å². The molecule has 0 spiro atoms. The van der Waals surface area contributed by atoms with Gasteiger partial charge in [-0.3, -0.25) is 4.98 Å². The number of rotatable bonds is 3. The Morgan fingerprint density at radius 2 is 2.44 bits per heavy atom. The molecular formula is C10H8N4O2. The summed E-state index contributed by atoms with van der Waals surface area (Å²) in [5.74, 6) is 4.46. The zero-order chi connectivity index (χ0) is 11.8. The average molecular weight is 216 g/mol. The van der Waals surface area contributed by atoms with Gasteiger partial charge in [-0.2, -0.15) is 0 Å². The van der Waals surface area contributed by atoms with Crippen LogP contribution in [0.1, 0.15) is 22.3 Å². The van der Waals surface area contributed by atoms with E-state index in [1.165, 1.54) is 18.5 Å². The van der Waals surface area contributed by atoms with E-state index >= 15 is 0 Å². The van der Waals surface area contributed by atoms with E-state index in [4.69, 9.17) is 10.6 Å². The molecule has 80 valence electrons. The Balaban J connectivity index is 2.69. The predicted octanol–water partition coefficient (Wildman–Crippen LogP) is 1.83. The van der Waals surface area contributed by atoms with Gasteiger partial charge in [-0.25, -0.2) is 4.79 Å². The molecule has 0 aliphatic heterocycles. The summed E-state index contributed by atoms with van der Waals surface area (Å²) in [4.78, 5) is 17.0. The minimum absolute atomic E-state index is 0.0989. The lowest BCUT2D eigenvalue weighted by Crippen LogP contribution is -1.97. The van der Waals surface area contributed by atoms with Gasteiger partial charge in [0, 0.05) is 35.8 Å². The molecule has 0 aromatic carbocycles. The summed E-state index contributed by atoms with van der Waals surface area (Å²) in [6.07, 6.45) is 3.17. The Kier molecular flexibility index (Phi) is 4.38. The molecule has 1 rings (SSSR count). The number of carboxylic acids is 1. The van der Waals surface area contributed by atoms with E-state index < -0.39 is 5.97 Å². The number of azide groups is 1. The van der Waals surface area contributed by atoms with Gasteiger partial charge in [0.25, 0.3) is 0 Å². The standard InChI is InChI=1S/C10H8N4O2/c11-14-13-4-2-1-3-8-5-9(10(15)16)7-12-6-8/h5-7H,2,4H2,(H,15,16). The van der Waals surface area contributed by atoms with E-state index in [1.54, 1.807) is 0 Å². The Morgan fingerprint density at radius 3 is 3.12 bits per heavy atom. The summed E-state index contributed by atoms with van der Waals surface area (Å²) >= 11 is 0. The number of nitrogens with zero attached hydrogens (tertiary/aromatic N) is 4. The maximum Gasteiger partial charge on any atom is 0.337 e. The number of pyridine rings is 1. The second-order valence-electron chi connectivity index (χ2n) is 2.77. The third-order valence-electron chi connectivity index (χ3n) is 1.62. The lowest BCUT2D eigenvalue weighted by atomic mass is 10.2. The fraction of sp³-hybridized carbons (Fsp3) is 0.200. The minimum atomic E-state index is -1.04. The van der Waals surface area contributed by atoms with Crippen LogP contribution in [0.2, 0.25) is 0 Å². The van der Waals surface area contributed by atoms with Gasteiger partial charge in [-0.05, 0) is 11.6 Å². The van der Waals surface area contributed by atoms with Crippen molar-refractivity contribution in [3.63, 3.8) is 0 Å². The monoisotopic (exact) mass is 216 g/mol. The molecule has 16 heavy (non-hydrogen) atoms. The molecule has 0 bridgehead atoms. The Hall–Kier alpha value is -2.51. The van der Waals surface area contributed by atoms with E-state index in [0.717, 1.165) is 0 Å². The first-order valence-electron chi connectivity index (χ1n) is 4.42. The molecular weight excluding hydrogens is 208 g/mol. The van der Waals surface area contributed by atoms with Crippen LogP contribution in [0.25, 0.3) is 10.4 Å². The smallest absolute Gasteiger partial charge is 0.337 e. The van der Waals surface area contributed by atoms with Crippen molar-refractivity contribution in [2.24, 2.45) is 5.11 Å². The second-order valence-corrected chi connectivity index (χ2v) is 2.77. The fourth-order valence-corrected chi connectivity index (χ4v) is 0.940. The van der Waals surface area contributed by atoms with Crippen molar-refractivity contribution in [3.05, 3.63) is 40.0 Å². The summed E-state index contributed by atoms with van der Waals surface area (Å²) in [7, 11) is 0. The molecule has 0 saturated heterocycles. The van der Waals surface area contributed by atoms with Crippen molar-refractivity contribution in [1.82, 2.24) is 4.98 Å². The third-order valence-corrected chi connectivity index (χ3v) is 1.62. The number of aromatic nitrogens is 1. The largest absolute Gasteiger partial charge is 0.478 e. The highest BCUT2D eigenvalue weighted by molar-refractivity contribution is 5.87. The van der Waals surface area contributed by atoms with Crippen molar-refractivity contribution in [2.75, 3.05) is 6.54 Å². The Labute approximate surface area is 91.6 Å². The minimum Gasteiger partial charge on any atom is -0.478 e. The van der Waals surface area contributed by atoms with E-state index in [2.05, 4.69) is 26.9 Å². The Morgan fingerprint density at radius 1 is 1.62 bits per heavy atom. The molecule has 1 heterocycles. The van der Waals surface area contributed by atoms with Gasteiger partial charge in [-0.15, -0.1) is 0 Å². The van der Waals surface area contributed by atoms with Crippen LogP contribution in [0.5, 0.6) is 0 Å². The summed E-state index contributed by atoms with van der Waals surface area (Å²) < 4.78 is 0. The number of carboxylic acid groups (broad SMARTS) is 1. The molecule has 0 amide bonds. The van der Waals surface area contributed by atoms with E-state index in [0.29, 0.717) is 18.5 Å². The SMILES string of the molecule is [N-]=[N+]=NCCC#Cc1cncc(C(=O)O)c1. The van der Waals surface area contributed by atoms with Crippen LogP contribution >= 0.6 is 0 Å². The van der Waals surface area contributed by atoms with Gasteiger partial charge in [0.05, 0.1) is 5.56 Å². The summed E-state index contributed by atoms with van der Waals surface area (Å²) in [6.45, 7) is 0.301. The zero-order valence-electron chi connectivity index (χ0n) is 8.29. The zero-order valence-corrected chi connectivity index (χ0v) is 8.29. The highest BCUT2D eigenvalue weighted by Gasteiger charge is 2.01. The normalized spacial score (nSPS) is 8.50. The van der Waals surface area contributed by atoms with Crippen molar-refractivity contribution >= 4 is 5.97 Å². The highest BCUT2D eigenvalue weighted by Crippen LogP contribution is 2.01. The number of hydrogen-bond donors (Lipinski definition) is 1. The number of hydrogen-bond acceptors (Lipinski definition) is 3. The summed E-state index contributed by atoms with van der Waals surface area (Å²) in [5.41, 5.74) is 8.64. The maximum absolute atomic E-state index is 10.6. The molecule has 0 fully saturated rings. The topological polar surface area (TPSA) is 99.0 Å². The number of carbonyl (C=O) groups is 1. The molecule has 0 saturated carbocycles. The molecule has 0 atom stereocenters. The summed E-state index contributed by atoms with van der Waals surface area (Å²) in [5, 5.41) is 12.0. The summed E-state index contributed by atoms with van der Waals surface area (Å²) in [6, 6.07) is 1.44. The van der Waals surface area contributed by atoms with E-state index in [9.17, 15) is 4.79 Å². The molecule has 0 aliphatic carbocycles. The van der Waals surface area contributed by atoms with Gasteiger partial charge in [0.15, 0.2) is 0 Å². The first-order valence-corrected chi connectivity index (χ1v) is 4.42. The van der Waals surface area contributed by atoms with Gasteiger partial charge in [0.2, 0.25) is 0 Å². The second kappa shape index (κ2) is 6.06. The maximum atomic E-state index is 10.6. The van der Waals surface area contributed by atoms with Crippen molar-refractivity contribution < 1.29 is 9.90 Å². The van der Waals surface area contributed by atoms with Gasteiger partial charge in [0.1, 0.15) is 0 Å².